The van der Waals surface area contributed by atoms with Crippen molar-refractivity contribution in [2.75, 3.05) is 75.1 Å². The van der Waals surface area contributed by atoms with Gasteiger partial charge in [-0.25, -0.2) is 14.4 Å². The highest BCUT2D eigenvalue weighted by Crippen LogP contribution is 2.44. The molecule has 3 fully saturated rings. The van der Waals surface area contributed by atoms with Crippen LogP contribution >= 0.6 is 0 Å². The number of imide groups is 2. The van der Waals surface area contributed by atoms with Crippen LogP contribution in [0.15, 0.2) is 54.9 Å². The van der Waals surface area contributed by atoms with Gasteiger partial charge in [-0.05, 0) is 61.0 Å². The molecule has 2 aromatic carbocycles. The predicted octanol–water partition coefficient (Wildman–Crippen LogP) is 3.58. The normalized spacial score (nSPS) is 20.4. The highest BCUT2D eigenvalue weighted by Gasteiger charge is 2.45. The molecule has 0 aliphatic carbocycles. The summed E-state index contributed by atoms with van der Waals surface area (Å²) in [5.41, 5.74) is 3.80. The Morgan fingerprint density at radius 2 is 1.69 bits per heavy atom. The van der Waals surface area contributed by atoms with Gasteiger partial charge >= 0.3 is 0 Å². The molecule has 18 nitrogen and oxygen atoms in total. The number of methoxy groups -OCH3 is 1. The number of pyridine rings is 2. The summed E-state index contributed by atoms with van der Waals surface area (Å²) in [6, 6.07) is 11.4. The number of rotatable bonds is 9. The Labute approximate surface area is 372 Å². The summed E-state index contributed by atoms with van der Waals surface area (Å²) in [6.07, 6.45) is 5.82. The number of carbonyl (C=O) groups excluding carboxylic acids is 5. The number of hydrogen-bond donors (Lipinski definition) is 3. The van der Waals surface area contributed by atoms with Gasteiger partial charge in [0.15, 0.2) is 11.6 Å². The molecule has 0 bridgehead atoms. The van der Waals surface area contributed by atoms with Crippen molar-refractivity contribution < 1.29 is 37.8 Å². The Balaban J connectivity index is 0.674. The lowest BCUT2D eigenvalue weighted by Gasteiger charge is -2.45. The number of anilines is 4. The third kappa shape index (κ3) is 7.32. The van der Waals surface area contributed by atoms with Crippen LogP contribution in [0.4, 0.5) is 27.4 Å². The Hall–Kier alpha value is -7.15. The van der Waals surface area contributed by atoms with E-state index in [2.05, 4.69) is 35.7 Å². The van der Waals surface area contributed by atoms with Gasteiger partial charge in [-0.15, -0.1) is 0 Å². The lowest BCUT2D eigenvalue weighted by atomic mass is 9.95. The minimum atomic E-state index is -0.988. The molecule has 6 aliphatic rings. The molecule has 19 heteroatoms. The van der Waals surface area contributed by atoms with Gasteiger partial charge < -0.3 is 34.8 Å². The number of halogens is 1. The summed E-state index contributed by atoms with van der Waals surface area (Å²) in [5, 5.41) is 14.9. The third-order valence-electron chi connectivity index (χ3n) is 13.5. The molecular weight excluding hydrogens is 838 g/mol. The maximum Gasteiger partial charge on any atom is 0.262 e. The Morgan fingerprint density at radius 1 is 0.862 bits per heavy atom. The molecule has 0 saturated carbocycles. The van der Waals surface area contributed by atoms with E-state index in [9.17, 15) is 24.0 Å². The molecule has 9 heterocycles. The molecule has 11 rings (SSSR count). The highest BCUT2D eigenvalue weighted by molar-refractivity contribution is 6.23. The maximum absolute atomic E-state index is 15.5. The van der Waals surface area contributed by atoms with E-state index in [1.54, 1.807) is 35.3 Å². The standard InChI is InChI=1S/C46H46FN11O7/c1-64-42-34(20-50-44-41(42)48-9-13-65-44)32-14-26-16-37(49-19-27(26)15-35(32)47)51-38-18-30-8-12-56(40(60)24-57(30)53-38)28-6-10-54(11-7-28)21-25-22-55(23-25)29-2-3-31-33(17-29)46(63)58(45(31)62)36-4-5-39(59)52-43(36)61/h2-3,14-20,25,28,36,48H,4-13,21-24H2,1H3,(H,49,51,53)(H,52,59,61). The lowest BCUT2D eigenvalue weighted by molar-refractivity contribution is -0.136. The van der Waals surface area contributed by atoms with Crippen molar-refractivity contribution in [3.63, 3.8) is 0 Å². The average Bonchev–Trinajstić information content (AvgIpc) is 3.73. The molecule has 65 heavy (non-hydrogen) atoms. The van der Waals surface area contributed by atoms with E-state index < -0.39 is 35.5 Å². The van der Waals surface area contributed by atoms with Gasteiger partial charge in [-0.2, -0.15) is 5.10 Å². The van der Waals surface area contributed by atoms with Crippen LogP contribution in [-0.2, 0) is 27.3 Å². The van der Waals surface area contributed by atoms with Gasteiger partial charge in [-0.1, -0.05) is 0 Å². The van der Waals surface area contributed by atoms with Gasteiger partial charge in [0.1, 0.15) is 36.5 Å². The molecule has 334 valence electrons. The fourth-order valence-electron chi connectivity index (χ4n) is 10.2. The van der Waals surface area contributed by atoms with Crippen LogP contribution in [0.1, 0.15) is 52.1 Å². The summed E-state index contributed by atoms with van der Waals surface area (Å²) in [6.45, 7) is 6.19. The summed E-state index contributed by atoms with van der Waals surface area (Å²) < 4.78 is 28.6. The molecule has 3 aromatic heterocycles. The van der Waals surface area contributed by atoms with Crippen LogP contribution in [0.2, 0.25) is 0 Å². The van der Waals surface area contributed by atoms with E-state index in [0.29, 0.717) is 77.5 Å². The van der Waals surface area contributed by atoms with Gasteiger partial charge in [0.25, 0.3) is 11.8 Å². The van der Waals surface area contributed by atoms with Crippen LogP contribution in [0, 0.1) is 11.7 Å². The monoisotopic (exact) mass is 883 g/mol. The zero-order valence-corrected chi connectivity index (χ0v) is 35.6. The quantitative estimate of drug-likeness (QED) is 0.182. The molecule has 1 atom stereocenters. The summed E-state index contributed by atoms with van der Waals surface area (Å²) in [7, 11) is 1.54. The lowest BCUT2D eigenvalue weighted by Crippen LogP contribution is -2.54. The Morgan fingerprint density at radius 3 is 2.51 bits per heavy atom. The van der Waals surface area contributed by atoms with Gasteiger partial charge in [0.2, 0.25) is 23.6 Å². The fourth-order valence-corrected chi connectivity index (χ4v) is 10.2. The van der Waals surface area contributed by atoms with Gasteiger partial charge in [0, 0.05) is 117 Å². The zero-order valence-electron chi connectivity index (χ0n) is 35.6. The van der Waals surface area contributed by atoms with Crippen LogP contribution in [0.3, 0.4) is 0 Å². The number of likely N-dealkylation sites (tertiary alicyclic amines) is 1. The molecular formula is C46H46FN11O7. The Kier molecular flexibility index (Phi) is 10.1. The number of piperidine rings is 2. The number of amides is 5. The van der Waals surface area contributed by atoms with E-state index in [4.69, 9.17) is 14.6 Å². The average molecular weight is 884 g/mol. The van der Waals surface area contributed by atoms with Crippen LogP contribution in [-0.4, -0.2) is 136 Å². The van der Waals surface area contributed by atoms with Crippen molar-refractivity contribution in [1.82, 2.24) is 39.8 Å². The van der Waals surface area contributed by atoms with E-state index in [-0.39, 0.29) is 42.5 Å². The highest BCUT2D eigenvalue weighted by atomic mass is 19.1. The zero-order chi connectivity index (χ0) is 44.5. The molecule has 0 radical (unpaired) electrons. The number of nitrogens with zero attached hydrogens (tertiary/aromatic N) is 8. The number of ether oxygens (including phenoxy) is 2. The summed E-state index contributed by atoms with van der Waals surface area (Å²) in [5.74, 6) is -0.0000996. The molecule has 6 aliphatic heterocycles. The predicted molar refractivity (Wildman–Crippen MR) is 235 cm³/mol. The molecule has 5 aromatic rings. The number of aromatic nitrogens is 4. The van der Waals surface area contributed by atoms with E-state index >= 15 is 4.39 Å². The smallest absolute Gasteiger partial charge is 0.262 e. The van der Waals surface area contributed by atoms with Crippen molar-refractivity contribution in [3.05, 3.63) is 77.5 Å². The van der Waals surface area contributed by atoms with Crippen molar-refractivity contribution in [1.29, 1.82) is 0 Å². The van der Waals surface area contributed by atoms with E-state index in [1.807, 2.05) is 23.1 Å². The second kappa shape index (κ2) is 16.1. The first-order valence-electron chi connectivity index (χ1n) is 22.1. The number of fused-ring (bicyclic) bond motifs is 4. The van der Waals surface area contributed by atoms with Crippen molar-refractivity contribution in [2.24, 2.45) is 5.92 Å². The molecule has 0 spiro atoms. The largest absolute Gasteiger partial charge is 0.494 e. The first-order chi connectivity index (χ1) is 31.6. The first-order valence-corrected chi connectivity index (χ1v) is 22.1. The minimum Gasteiger partial charge on any atom is -0.494 e. The fraction of sp³-hybridized carbons (Fsp3) is 0.391. The minimum absolute atomic E-state index is 0.0495. The Bertz CT molecular complexity index is 2820. The van der Waals surface area contributed by atoms with Crippen LogP contribution in [0.25, 0.3) is 21.9 Å². The van der Waals surface area contributed by atoms with Crippen LogP contribution in [0.5, 0.6) is 11.6 Å². The molecule has 3 N–H and O–H groups in total. The van der Waals surface area contributed by atoms with Gasteiger partial charge in [0.05, 0.1) is 18.2 Å². The van der Waals surface area contributed by atoms with Crippen molar-refractivity contribution >= 4 is 63.3 Å². The number of benzene rings is 2. The van der Waals surface area contributed by atoms with Crippen molar-refractivity contribution in [2.45, 2.75) is 50.7 Å². The first kappa shape index (κ1) is 40.6. The van der Waals surface area contributed by atoms with E-state index in [0.717, 1.165) is 67.2 Å². The summed E-state index contributed by atoms with van der Waals surface area (Å²) >= 11 is 0. The second-order valence-electron chi connectivity index (χ2n) is 17.5. The van der Waals surface area contributed by atoms with E-state index in [1.165, 1.54) is 13.2 Å². The number of nitrogens with one attached hydrogen (secondary N) is 3. The summed E-state index contributed by atoms with van der Waals surface area (Å²) in [4.78, 5) is 80.9. The second-order valence-corrected chi connectivity index (χ2v) is 17.5. The van der Waals surface area contributed by atoms with Gasteiger partial charge in [-0.3, -0.25) is 38.9 Å². The van der Waals surface area contributed by atoms with Crippen LogP contribution < -0.4 is 30.3 Å². The SMILES string of the molecule is COc1c(-c2cc3cc(Nc4cc5n(n4)CC(=O)N(C4CCN(CC6CN(c7ccc8c(c7)C(=O)N(C7CCC(=O)NC7=O)C8=O)C6)CC4)CC5)ncc3cc2F)cnc2c1NCCO2. The number of hydrogen-bond acceptors (Lipinski definition) is 14. The molecule has 1 unspecified atom stereocenters. The number of carbonyl (C=O) groups is 5. The third-order valence-corrected chi connectivity index (χ3v) is 13.5. The maximum atomic E-state index is 15.5. The topological polar surface area (TPSA) is 196 Å². The molecule has 5 amide bonds. The van der Waals surface area contributed by atoms with Crippen molar-refractivity contribution in [3.8, 4) is 22.8 Å². The molecule has 3 saturated heterocycles.